The van der Waals surface area contributed by atoms with Gasteiger partial charge in [-0.05, 0) is 67.1 Å². The van der Waals surface area contributed by atoms with Crippen LogP contribution in [0.1, 0.15) is 52.0 Å². The Morgan fingerprint density at radius 3 is 2.54 bits per heavy atom. The molecule has 0 saturated carbocycles. The van der Waals surface area contributed by atoms with E-state index in [-0.39, 0.29) is 53.0 Å². The summed E-state index contributed by atoms with van der Waals surface area (Å²) in [6, 6.07) is 11.9. The molecule has 2 aromatic carbocycles. The smallest absolute Gasteiger partial charge is 0.256 e. The van der Waals surface area contributed by atoms with E-state index in [1.54, 1.807) is 36.7 Å². The first-order chi connectivity index (χ1) is 30.6. The number of carbonyl (C=O) groups excluding carboxylic acids is 4. The standard InChI is InChI=1S/C44H46ClFN10O7/c45-28-8-11-48-35(23-28)50-40(58)27-4-5-30(32(46)22-27)37-38-39(47)49-12-15-55(38)43(52-37)54-13-9-44(10-14-54)25-53(26-44)16-17-61-18-19-62-20-21-63-34-3-1-2-29-31(34)24-56(42(29)60)33-6-7-36(57)51-41(33)59/h1-5,8,11-12,15,22-23,33H,6-7,9-10,13-14,16-21,24-26H2,(H2,47,49)(H,48,50,58)(H,51,57,59). The molecule has 1 atom stereocenters. The predicted octanol–water partition coefficient (Wildman–Crippen LogP) is 4.19. The number of piperidine rings is 2. The van der Waals surface area contributed by atoms with E-state index in [9.17, 15) is 19.2 Å². The minimum atomic E-state index is -0.679. The maximum Gasteiger partial charge on any atom is 0.256 e. The predicted molar refractivity (Wildman–Crippen MR) is 230 cm³/mol. The number of anilines is 3. The van der Waals surface area contributed by atoms with E-state index >= 15 is 4.39 Å². The van der Waals surface area contributed by atoms with Crippen molar-refractivity contribution < 1.29 is 37.8 Å². The molecular weight excluding hydrogens is 835 g/mol. The number of amides is 4. The second kappa shape index (κ2) is 17.9. The van der Waals surface area contributed by atoms with Gasteiger partial charge in [-0.25, -0.2) is 19.3 Å². The highest BCUT2D eigenvalue weighted by atomic mass is 35.5. The fourth-order valence-corrected chi connectivity index (χ4v) is 9.11. The highest BCUT2D eigenvalue weighted by molar-refractivity contribution is 6.30. The molecule has 5 aromatic rings. The van der Waals surface area contributed by atoms with Crippen LogP contribution in [0.3, 0.4) is 0 Å². The normalized spacial score (nSPS) is 18.4. The number of nitrogens with two attached hydrogens (primary N) is 1. The Bertz CT molecular complexity index is 2580. The number of likely N-dealkylation sites (tertiary alicyclic amines) is 1. The third-order valence-corrected chi connectivity index (χ3v) is 12.4. The molecule has 7 heterocycles. The molecule has 3 fully saturated rings. The van der Waals surface area contributed by atoms with Gasteiger partial charge in [0.1, 0.15) is 47.1 Å². The highest BCUT2D eigenvalue weighted by Gasteiger charge is 2.45. The summed E-state index contributed by atoms with van der Waals surface area (Å²) in [4.78, 5) is 69.3. The second-order valence-electron chi connectivity index (χ2n) is 16.3. The van der Waals surface area contributed by atoms with E-state index in [0.29, 0.717) is 72.9 Å². The van der Waals surface area contributed by atoms with E-state index in [1.165, 1.54) is 35.4 Å². The van der Waals surface area contributed by atoms with Crippen LogP contribution in [-0.2, 0) is 25.6 Å². The third-order valence-electron chi connectivity index (χ3n) is 12.2. The van der Waals surface area contributed by atoms with Crippen LogP contribution >= 0.6 is 11.6 Å². The van der Waals surface area contributed by atoms with Crippen LogP contribution in [0.2, 0.25) is 5.02 Å². The molecule has 4 aliphatic rings. The summed E-state index contributed by atoms with van der Waals surface area (Å²) >= 11 is 6.01. The molecule has 328 valence electrons. The molecule has 3 aromatic heterocycles. The topological polar surface area (TPSA) is 199 Å². The lowest BCUT2D eigenvalue weighted by Crippen LogP contribution is -2.61. The summed E-state index contributed by atoms with van der Waals surface area (Å²) < 4.78 is 35.2. The average molecular weight is 881 g/mol. The molecule has 1 spiro atoms. The Labute approximate surface area is 366 Å². The van der Waals surface area contributed by atoms with Crippen molar-refractivity contribution in [3.05, 3.63) is 94.7 Å². The zero-order valence-corrected chi connectivity index (χ0v) is 35.1. The number of nitrogens with one attached hydrogen (secondary N) is 2. The van der Waals surface area contributed by atoms with Crippen LogP contribution in [0, 0.1) is 11.2 Å². The number of nitrogens with zero attached hydrogens (tertiary/aromatic N) is 7. The van der Waals surface area contributed by atoms with Crippen LogP contribution in [-0.4, -0.2) is 125 Å². The minimum absolute atomic E-state index is 0.111. The number of halogens is 2. The number of imidazole rings is 1. The highest BCUT2D eigenvalue weighted by Crippen LogP contribution is 2.42. The number of hydrogen-bond acceptors (Lipinski definition) is 13. The number of nitrogen functional groups attached to an aromatic ring is 1. The lowest BCUT2D eigenvalue weighted by atomic mass is 9.72. The minimum Gasteiger partial charge on any atom is -0.491 e. The molecule has 0 bridgehead atoms. The molecular formula is C44H46ClFN10O7. The zero-order chi connectivity index (χ0) is 43.7. The number of fused-ring (bicyclic) bond motifs is 2. The largest absolute Gasteiger partial charge is 0.491 e. The fraction of sp³-hybridized carbons (Fsp3) is 0.386. The monoisotopic (exact) mass is 880 g/mol. The Morgan fingerprint density at radius 1 is 0.968 bits per heavy atom. The van der Waals surface area contributed by atoms with Crippen molar-refractivity contribution >= 4 is 58.3 Å². The zero-order valence-electron chi connectivity index (χ0n) is 34.4. The summed E-state index contributed by atoms with van der Waals surface area (Å²) in [5.41, 5.74) is 8.97. The maximum atomic E-state index is 15.8. The van der Waals surface area contributed by atoms with Crippen molar-refractivity contribution in [2.45, 2.75) is 38.3 Å². The van der Waals surface area contributed by atoms with Gasteiger partial charge in [0.15, 0.2) is 0 Å². The number of pyridine rings is 1. The van der Waals surface area contributed by atoms with Gasteiger partial charge < -0.3 is 35.1 Å². The Balaban J connectivity index is 0.698. The van der Waals surface area contributed by atoms with E-state index < -0.39 is 23.7 Å². The molecule has 4 amide bonds. The summed E-state index contributed by atoms with van der Waals surface area (Å²) in [6.07, 6.45) is 7.31. The van der Waals surface area contributed by atoms with Crippen LogP contribution < -0.4 is 26.0 Å². The van der Waals surface area contributed by atoms with Crippen molar-refractivity contribution in [1.29, 1.82) is 0 Å². The summed E-state index contributed by atoms with van der Waals surface area (Å²) in [7, 11) is 0. The van der Waals surface area contributed by atoms with E-state index in [1.807, 2.05) is 4.40 Å². The van der Waals surface area contributed by atoms with Gasteiger partial charge >= 0.3 is 0 Å². The van der Waals surface area contributed by atoms with Crippen LogP contribution in [0.15, 0.2) is 67.1 Å². The van der Waals surface area contributed by atoms with Gasteiger partial charge in [-0.2, -0.15) is 0 Å². The van der Waals surface area contributed by atoms with Gasteiger partial charge in [0, 0.05) is 85.0 Å². The number of aromatic nitrogens is 4. The third kappa shape index (κ3) is 8.75. The molecule has 4 N–H and O–H groups in total. The van der Waals surface area contributed by atoms with Gasteiger partial charge in [0.25, 0.3) is 11.8 Å². The molecule has 1 unspecified atom stereocenters. The van der Waals surface area contributed by atoms with E-state index in [4.69, 9.17) is 36.5 Å². The quantitative estimate of drug-likeness (QED) is 0.100. The second-order valence-corrected chi connectivity index (χ2v) is 16.7. The molecule has 9 rings (SSSR count). The van der Waals surface area contributed by atoms with Gasteiger partial charge in [0.05, 0.1) is 33.0 Å². The van der Waals surface area contributed by atoms with Crippen LogP contribution in [0.4, 0.5) is 22.0 Å². The lowest BCUT2D eigenvalue weighted by molar-refractivity contribution is -0.136. The SMILES string of the molecule is Nc1nccn2c(N3CCC4(CC3)CN(CCOCCOCCOc3cccc5c3CN(C3CCC(=O)NC3=O)C5=O)C4)nc(-c3ccc(C(=O)Nc4cc(Cl)ccn4)cc3F)c12. The number of imide groups is 1. The molecule has 19 heteroatoms. The Morgan fingerprint density at radius 2 is 1.76 bits per heavy atom. The first-order valence-electron chi connectivity index (χ1n) is 20.9. The number of rotatable bonds is 15. The first kappa shape index (κ1) is 42.1. The van der Waals surface area contributed by atoms with Gasteiger partial charge in [0.2, 0.25) is 17.8 Å². The summed E-state index contributed by atoms with van der Waals surface area (Å²) in [6.45, 7) is 6.70. The van der Waals surface area contributed by atoms with Crippen molar-refractivity contribution in [3.63, 3.8) is 0 Å². The molecule has 0 radical (unpaired) electrons. The number of carbonyl (C=O) groups is 4. The first-order valence-corrected chi connectivity index (χ1v) is 21.3. The molecule has 0 aliphatic carbocycles. The lowest BCUT2D eigenvalue weighted by Gasteiger charge is -2.54. The molecule has 3 saturated heterocycles. The number of benzene rings is 2. The maximum absolute atomic E-state index is 15.8. The number of ether oxygens (including phenoxy) is 3. The van der Waals surface area contributed by atoms with Crippen LogP contribution in [0.5, 0.6) is 5.75 Å². The van der Waals surface area contributed by atoms with Gasteiger partial charge in [-0.1, -0.05) is 17.7 Å². The fourth-order valence-electron chi connectivity index (χ4n) is 8.95. The number of hydrogen-bond donors (Lipinski definition) is 3. The average Bonchev–Trinajstić information content (AvgIpc) is 3.81. The Kier molecular flexibility index (Phi) is 11.9. The van der Waals surface area contributed by atoms with Gasteiger partial charge in [-0.15, -0.1) is 0 Å². The van der Waals surface area contributed by atoms with Crippen molar-refractivity contribution in [1.82, 2.24) is 34.5 Å². The summed E-state index contributed by atoms with van der Waals surface area (Å²) in [5.74, 6) is -0.446. The van der Waals surface area contributed by atoms with Crippen LogP contribution in [0.25, 0.3) is 16.8 Å². The molecule has 4 aliphatic heterocycles. The Hall–Kier alpha value is -6.21. The molecule has 17 nitrogen and oxygen atoms in total. The molecule has 63 heavy (non-hydrogen) atoms. The van der Waals surface area contributed by atoms with Crippen molar-refractivity contribution in [3.8, 4) is 17.0 Å². The van der Waals surface area contributed by atoms with E-state index in [0.717, 1.165) is 51.1 Å². The summed E-state index contributed by atoms with van der Waals surface area (Å²) in [5, 5.41) is 5.37. The van der Waals surface area contributed by atoms with E-state index in [2.05, 4.69) is 30.4 Å². The van der Waals surface area contributed by atoms with Crippen molar-refractivity contribution in [2.24, 2.45) is 5.41 Å². The van der Waals surface area contributed by atoms with Crippen molar-refractivity contribution in [2.75, 3.05) is 81.7 Å². The van der Waals surface area contributed by atoms with Gasteiger partial charge in [-0.3, -0.25) is 33.8 Å².